The Morgan fingerprint density at radius 3 is 2.62 bits per heavy atom. The van der Waals surface area contributed by atoms with Crippen molar-refractivity contribution in [2.75, 3.05) is 0 Å². The number of hydrogen-bond acceptors (Lipinski definition) is 3. The molecule has 0 fully saturated rings. The highest BCUT2D eigenvalue weighted by molar-refractivity contribution is 5.79. The van der Waals surface area contributed by atoms with Gasteiger partial charge in [0.05, 0.1) is 0 Å². The molecule has 0 atom stereocenters. The Morgan fingerprint density at radius 1 is 1.21 bits per heavy atom. The minimum absolute atomic E-state index is 0.820. The fourth-order valence-corrected chi connectivity index (χ4v) is 2.39. The number of nitrogens with two attached hydrogens (primary N) is 1. The van der Waals surface area contributed by atoms with Crippen molar-refractivity contribution in [3.05, 3.63) is 89.9 Å². The van der Waals surface area contributed by atoms with Crippen LogP contribution in [0.5, 0.6) is 0 Å². The van der Waals surface area contributed by atoms with Crippen molar-refractivity contribution in [2.45, 2.75) is 20.3 Å². The molecule has 4 heteroatoms. The largest absolute Gasteiger partial charge is 0.346 e. The number of aromatic amines is 1. The summed E-state index contributed by atoms with van der Waals surface area (Å²) in [7, 11) is 0. The highest BCUT2D eigenvalue weighted by atomic mass is 15.2. The maximum atomic E-state index is 5.32. The topological polar surface area (TPSA) is 66.7 Å². The first-order valence-electron chi connectivity index (χ1n) is 7.95. The highest BCUT2D eigenvalue weighted by Crippen LogP contribution is 2.19. The van der Waals surface area contributed by atoms with E-state index >= 15 is 0 Å². The van der Waals surface area contributed by atoms with Gasteiger partial charge in [-0.2, -0.15) is 0 Å². The maximum Gasteiger partial charge on any atom is 0.137 e. The monoisotopic (exact) mass is 320 g/mol. The number of nitrogens with zero attached hydrogens (tertiary/aromatic N) is 1. The summed E-state index contributed by atoms with van der Waals surface area (Å²) >= 11 is 0. The molecule has 4 nitrogen and oxygen atoms in total. The van der Waals surface area contributed by atoms with Crippen LogP contribution in [0.2, 0.25) is 0 Å². The molecule has 0 bridgehead atoms. The van der Waals surface area contributed by atoms with Gasteiger partial charge in [0.15, 0.2) is 0 Å². The number of pyridine rings is 1. The molecule has 0 spiro atoms. The Bertz CT molecular complexity index is 801. The fourth-order valence-electron chi connectivity index (χ4n) is 2.39. The number of allylic oxidation sites excluding steroid dienone is 3. The summed E-state index contributed by atoms with van der Waals surface area (Å²) in [5.41, 5.74) is 7.16. The Kier molecular flexibility index (Phi) is 6.80. The molecule has 0 aliphatic heterocycles. The molecule has 0 aliphatic carbocycles. The van der Waals surface area contributed by atoms with Gasteiger partial charge in [0.2, 0.25) is 0 Å². The molecule has 2 heterocycles. The van der Waals surface area contributed by atoms with E-state index in [1.54, 1.807) is 12.4 Å². The lowest BCUT2D eigenvalue weighted by Gasteiger charge is -2.01. The summed E-state index contributed by atoms with van der Waals surface area (Å²) in [5, 5.41) is 1.15. The van der Waals surface area contributed by atoms with Crippen LogP contribution in [-0.4, -0.2) is 9.97 Å². The Hall–Kier alpha value is -2.85. The van der Waals surface area contributed by atoms with Gasteiger partial charge in [-0.15, -0.1) is 0 Å². The molecular weight excluding hydrogens is 296 g/mol. The summed E-state index contributed by atoms with van der Waals surface area (Å²) in [6.07, 6.45) is 10.4. The zero-order valence-electron chi connectivity index (χ0n) is 14.2. The van der Waals surface area contributed by atoms with Crippen LogP contribution < -0.4 is 11.3 Å². The maximum absolute atomic E-state index is 5.32. The van der Waals surface area contributed by atoms with Crippen molar-refractivity contribution in [2.24, 2.45) is 5.84 Å². The smallest absolute Gasteiger partial charge is 0.137 e. The molecule has 124 valence electrons. The van der Waals surface area contributed by atoms with Gasteiger partial charge in [-0.3, -0.25) is 5.84 Å². The second-order valence-corrected chi connectivity index (χ2v) is 5.43. The zero-order chi connectivity index (χ0) is 17.2. The van der Waals surface area contributed by atoms with Gasteiger partial charge in [-0.1, -0.05) is 48.0 Å². The van der Waals surface area contributed by atoms with Crippen molar-refractivity contribution in [3.8, 4) is 0 Å². The van der Waals surface area contributed by atoms with E-state index < -0.39 is 0 Å². The van der Waals surface area contributed by atoms with Crippen LogP contribution in [-0.2, 0) is 6.42 Å². The average Bonchev–Trinajstić information content (AvgIpc) is 3.00. The van der Waals surface area contributed by atoms with Crippen molar-refractivity contribution in [1.82, 2.24) is 15.4 Å². The number of benzene rings is 1. The van der Waals surface area contributed by atoms with Crippen LogP contribution in [0.15, 0.2) is 78.8 Å². The zero-order valence-corrected chi connectivity index (χ0v) is 14.2. The van der Waals surface area contributed by atoms with Crippen LogP contribution in [0.4, 0.5) is 0 Å². The summed E-state index contributed by atoms with van der Waals surface area (Å²) in [6, 6.07) is 14.3. The van der Waals surface area contributed by atoms with Crippen LogP contribution in [0.25, 0.3) is 11.0 Å². The number of H-pyrrole nitrogens is 1. The van der Waals surface area contributed by atoms with E-state index in [-0.39, 0.29) is 0 Å². The molecule has 3 aromatic rings. The molecule has 0 radical (unpaired) electrons. The quantitative estimate of drug-likeness (QED) is 0.386. The van der Waals surface area contributed by atoms with E-state index in [1.165, 1.54) is 11.1 Å². The van der Waals surface area contributed by atoms with Crippen LogP contribution in [0.1, 0.15) is 18.1 Å². The molecule has 1 aromatic carbocycles. The average molecular weight is 320 g/mol. The lowest BCUT2D eigenvalue weighted by Crippen LogP contribution is -2.14. The summed E-state index contributed by atoms with van der Waals surface area (Å²) < 4.78 is 0. The summed E-state index contributed by atoms with van der Waals surface area (Å²) in [5.74, 6) is 5.32. The van der Waals surface area contributed by atoms with Crippen molar-refractivity contribution >= 4 is 11.0 Å². The highest BCUT2D eigenvalue weighted by Gasteiger charge is 2.04. The molecule has 3 rings (SSSR count). The number of fused-ring (bicyclic) bond motifs is 1. The van der Waals surface area contributed by atoms with Crippen molar-refractivity contribution in [1.29, 1.82) is 0 Å². The third-order valence-electron chi connectivity index (χ3n) is 3.52. The van der Waals surface area contributed by atoms with E-state index in [0.29, 0.717) is 0 Å². The molecule has 0 saturated heterocycles. The molecule has 0 amide bonds. The predicted molar refractivity (Wildman–Crippen MR) is 101 cm³/mol. The van der Waals surface area contributed by atoms with Gasteiger partial charge >= 0.3 is 0 Å². The predicted octanol–water partition coefficient (Wildman–Crippen LogP) is 4.02. The van der Waals surface area contributed by atoms with Crippen molar-refractivity contribution < 1.29 is 0 Å². The number of nitrogens with one attached hydrogen (secondary N) is 2. The van der Waals surface area contributed by atoms with E-state index in [4.69, 9.17) is 5.84 Å². The third kappa shape index (κ3) is 5.11. The number of rotatable bonds is 4. The molecule has 24 heavy (non-hydrogen) atoms. The lowest BCUT2D eigenvalue weighted by atomic mass is 10.1. The van der Waals surface area contributed by atoms with E-state index in [1.807, 2.05) is 49.5 Å². The van der Waals surface area contributed by atoms with Crippen LogP contribution >= 0.6 is 0 Å². The first kappa shape index (κ1) is 17.5. The summed E-state index contributed by atoms with van der Waals surface area (Å²) in [4.78, 5) is 7.43. The molecule has 0 unspecified atom stereocenters. The lowest BCUT2D eigenvalue weighted by molar-refractivity contribution is 0.947. The standard InChI is InChI=1S/C13H16N4.C7H8/c1-2-4-10(8-17-14)7-11-9-16-13-12(11)5-3-6-15-13;1-7-5-3-2-4-6-7/h2-6,8-9,17H,7,14H2,1H3,(H,15,16);2-6H,1H3/b4-2-,10-8+;. The molecule has 0 aliphatic rings. The number of hydrazine groups is 1. The second-order valence-electron chi connectivity index (χ2n) is 5.43. The number of aromatic nitrogens is 2. The third-order valence-corrected chi connectivity index (χ3v) is 3.52. The molecular formula is C20H24N4. The van der Waals surface area contributed by atoms with E-state index in [2.05, 4.69) is 40.5 Å². The van der Waals surface area contributed by atoms with Gasteiger partial charge in [0.25, 0.3) is 0 Å². The fraction of sp³-hybridized carbons (Fsp3) is 0.150. The molecule has 4 N–H and O–H groups in total. The first-order chi connectivity index (χ1) is 11.7. The van der Waals surface area contributed by atoms with E-state index in [9.17, 15) is 0 Å². The van der Waals surface area contributed by atoms with E-state index in [0.717, 1.165) is 23.0 Å². The SMILES string of the molecule is C/C=C\C(=C/NN)Cc1c[nH]c2ncccc12.Cc1ccccc1. The number of aryl methyl sites for hydroxylation is 1. The Balaban J connectivity index is 0.000000249. The van der Waals surface area contributed by atoms with Gasteiger partial charge < -0.3 is 10.4 Å². The Labute approximate surface area is 143 Å². The Morgan fingerprint density at radius 2 is 2.00 bits per heavy atom. The van der Waals surface area contributed by atoms with Gasteiger partial charge in [0, 0.05) is 30.4 Å². The summed E-state index contributed by atoms with van der Waals surface area (Å²) in [6.45, 7) is 4.07. The normalized spacial score (nSPS) is 11.4. The molecule has 2 aromatic heterocycles. The van der Waals surface area contributed by atoms with Gasteiger partial charge in [-0.25, -0.2) is 4.98 Å². The van der Waals surface area contributed by atoms with Gasteiger partial charge in [0.1, 0.15) is 5.65 Å². The van der Waals surface area contributed by atoms with Crippen LogP contribution in [0, 0.1) is 6.92 Å². The van der Waals surface area contributed by atoms with Gasteiger partial charge in [-0.05, 0) is 37.1 Å². The molecule has 0 saturated carbocycles. The minimum Gasteiger partial charge on any atom is -0.346 e. The van der Waals surface area contributed by atoms with Crippen molar-refractivity contribution in [3.63, 3.8) is 0 Å². The van der Waals surface area contributed by atoms with Crippen LogP contribution in [0.3, 0.4) is 0 Å². The number of hydrogen-bond donors (Lipinski definition) is 3. The minimum atomic E-state index is 0.820. The second kappa shape index (κ2) is 9.33. The first-order valence-corrected chi connectivity index (χ1v) is 7.95.